The summed E-state index contributed by atoms with van der Waals surface area (Å²) < 4.78 is 25.9. The Morgan fingerprint density at radius 1 is 1.21 bits per heavy atom. The molecule has 0 heterocycles. The highest BCUT2D eigenvalue weighted by Crippen LogP contribution is 2.41. The van der Waals surface area contributed by atoms with Gasteiger partial charge in [0.05, 0.1) is 6.61 Å². The fraction of sp³-hybridized carbons (Fsp3) is 0.350. The van der Waals surface area contributed by atoms with Gasteiger partial charge in [0, 0.05) is 5.56 Å². The van der Waals surface area contributed by atoms with E-state index in [2.05, 4.69) is 0 Å². The molecular formula is C20H21FO3. The molecule has 2 aromatic rings. The Labute approximate surface area is 141 Å². The lowest BCUT2D eigenvalue weighted by molar-refractivity contribution is -0.159. The number of aryl methyl sites for hydroxylation is 1. The quantitative estimate of drug-likeness (QED) is 0.766. The molecule has 0 spiro atoms. The van der Waals surface area contributed by atoms with E-state index in [1.54, 1.807) is 19.1 Å². The van der Waals surface area contributed by atoms with Crippen LogP contribution in [-0.4, -0.2) is 12.6 Å². The third kappa shape index (κ3) is 3.28. The fourth-order valence-corrected chi connectivity index (χ4v) is 3.11. The van der Waals surface area contributed by atoms with Crippen molar-refractivity contribution in [2.24, 2.45) is 0 Å². The van der Waals surface area contributed by atoms with Crippen LogP contribution in [0.15, 0.2) is 48.5 Å². The van der Waals surface area contributed by atoms with E-state index in [-0.39, 0.29) is 13.0 Å². The van der Waals surface area contributed by atoms with E-state index in [1.165, 1.54) is 0 Å². The molecule has 0 saturated heterocycles. The zero-order chi connectivity index (χ0) is 17.0. The van der Waals surface area contributed by atoms with Crippen molar-refractivity contribution >= 4 is 5.97 Å². The lowest BCUT2D eigenvalue weighted by Crippen LogP contribution is -2.36. The zero-order valence-corrected chi connectivity index (χ0v) is 13.8. The van der Waals surface area contributed by atoms with Gasteiger partial charge in [0.25, 0.3) is 0 Å². The molecule has 1 atom stereocenters. The van der Waals surface area contributed by atoms with Crippen molar-refractivity contribution in [2.75, 3.05) is 6.61 Å². The predicted octanol–water partition coefficient (Wildman–Crippen LogP) is 4.33. The first-order valence-electron chi connectivity index (χ1n) is 8.30. The van der Waals surface area contributed by atoms with Crippen LogP contribution in [-0.2, 0) is 28.2 Å². The molecule has 4 heteroatoms. The number of fused-ring (bicyclic) bond motifs is 1. The van der Waals surface area contributed by atoms with Crippen LogP contribution in [0.2, 0.25) is 0 Å². The third-order valence-corrected chi connectivity index (χ3v) is 4.32. The number of ether oxygens (including phenoxy) is 2. The van der Waals surface area contributed by atoms with Crippen LogP contribution < -0.4 is 4.74 Å². The molecule has 2 aromatic carbocycles. The van der Waals surface area contributed by atoms with Gasteiger partial charge < -0.3 is 9.47 Å². The molecule has 1 aliphatic rings. The molecule has 0 radical (unpaired) electrons. The first-order chi connectivity index (χ1) is 11.6. The van der Waals surface area contributed by atoms with E-state index in [4.69, 9.17) is 9.47 Å². The van der Waals surface area contributed by atoms with Crippen LogP contribution in [0.1, 0.15) is 36.5 Å². The number of hydrogen-bond donors (Lipinski definition) is 0. The third-order valence-electron chi connectivity index (χ3n) is 4.32. The first kappa shape index (κ1) is 16.5. The number of halogens is 1. The highest BCUT2D eigenvalue weighted by atomic mass is 19.1. The summed E-state index contributed by atoms with van der Waals surface area (Å²) in [5, 5.41) is 0. The topological polar surface area (TPSA) is 35.5 Å². The standard InChI is InChI=1S/C20H21FO3/c1-2-23-19(22)20(21)12-6-9-16-13-17(10-11-18(16)20)24-14-15-7-4-3-5-8-15/h3-5,7-8,10-11,13H,2,6,9,12,14H2,1H3. The Bertz CT molecular complexity index is 714. The summed E-state index contributed by atoms with van der Waals surface area (Å²) in [5.74, 6) is -0.102. The smallest absolute Gasteiger partial charge is 0.348 e. The number of benzene rings is 2. The van der Waals surface area contributed by atoms with Crippen LogP contribution in [0.5, 0.6) is 5.75 Å². The monoisotopic (exact) mass is 328 g/mol. The average Bonchev–Trinajstić information content (AvgIpc) is 2.61. The number of rotatable bonds is 5. The molecule has 126 valence electrons. The summed E-state index contributed by atoms with van der Waals surface area (Å²) in [6.45, 7) is 2.32. The van der Waals surface area contributed by atoms with E-state index in [1.807, 2.05) is 36.4 Å². The van der Waals surface area contributed by atoms with E-state index in [0.29, 0.717) is 24.3 Å². The number of carbonyl (C=O) groups is 1. The van der Waals surface area contributed by atoms with Gasteiger partial charge in [-0.05, 0) is 49.4 Å². The molecule has 0 N–H and O–H groups in total. The Kier molecular flexibility index (Phi) is 4.84. The number of hydrogen-bond acceptors (Lipinski definition) is 3. The van der Waals surface area contributed by atoms with Crippen LogP contribution in [0.3, 0.4) is 0 Å². The van der Waals surface area contributed by atoms with Crippen LogP contribution in [0.25, 0.3) is 0 Å². The van der Waals surface area contributed by atoms with Crippen molar-refractivity contribution < 1.29 is 18.7 Å². The second-order valence-corrected chi connectivity index (χ2v) is 5.97. The molecule has 3 rings (SSSR count). The highest BCUT2D eigenvalue weighted by Gasteiger charge is 2.45. The van der Waals surface area contributed by atoms with Gasteiger partial charge in [0.15, 0.2) is 0 Å². The Hall–Kier alpha value is -2.36. The van der Waals surface area contributed by atoms with Gasteiger partial charge in [-0.2, -0.15) is 0 Å². The molecule has 1 aliphatic carbocycles. The molecule has 0 aromatic heterocycles. The number of esters is 1. The van der Waals surface area contributed by atoms with Crippen LogP contribution in [0.4, 0.5) is 4.39 Å². The van der Waals surface area contributed by atoms with Crippen LogP contribution >= 0.6 is 0 Å². The molecule has 0 amide bonds. The molecular weight excluding hydrogens is 307 g/mol. The van der Waals surface area contributed by atoms with Crippen molar-refractivity contribution in [1.82, 2.24) is 0 Å². The maximum Gasteiger partial charge on any atom is 0.348 e. The molecule has 0 bridgehead atoms. The molecule has 0 saturated carbocycles. The Morgan fingerprint density at radius 2 is 2.00 bits per heavy atom. The lowest BCUT2D eigenvalue weighted by atomic mass is 9.80. The second kappa shape index (κ2) is 7.04. The van der Waals surface area contributed by atoms with E-state index in [9.17, 15) is 4.79 Å². The van der Waals surface area contributed by atoms with Crippen molar-refractivity contribution in [3.8, 4) is 5.75 Å². The largest absolute Gasteiger partial charge is 0.489 e. The van der Waals surface area contributed by atoms with Crippen molar-refractivity contribution in [3.05, 3.63) is 65.2 Å². The van der Waals surface area contributed by atoms with Gasteiger partial charge >= 0.3 is 5.97 Å². The number of carbonyl (C=O) groups excluding carboxylic acids is 1. The molecule has 0 aliphatic heterocycles. The van der Waals surface area contributed by atoms with Crippen molar-refractivity contribution in [3.63, 3.8) is 0 Å². The second-order valence-electron chi connectivity index (χ2n) is 5.97. The summed E-state index contributed by atoms with van der Waals surface area (Å²) in [6.07, 6.45) is 1.52. The van der Waals surface area contributed by atoms with Gasteiger partial charge in [0.2, 0.25) is 5.67 Å². The predicted molar refractivity (Wildman–Crippen MR) is 89.6 cm³/mol. The Balaban J connectivity index is 1.79. The van der Waals surface area contributed by atoms with Gasteiger partial charge in [-0.15, -0.1) is 0 Å². The average molecular weight is 328 g/mol. The highest BCUT2D eigenvalue weighted by molar-refractivity contribution is 5.82. The fourth-order valence-electron chi connectivity index (χ4n) is 3.11. The normalized spacial score (nSPS) is 19.4. The van der Waals surface area contributed by atoms with E-state index >= 15 is 4.39 Å². The minimum Gasteiger partial charge on any atom is -0.489 e. The maximum atomic E-state index is 15.2. The minimum atomic E-state index is -2.04. The Morgan fingerprint density at radius 3 is 2.75 bits per heavy atom. The van der Waals surface area contributed by atoms with Crippen molar-refractivity contribution in [2.45, 2.75) is 38.5 Å². The van der Waals surface area contributed by atoms with Gasteiger partial charge in [-0.3, -0.25) is 0 Å². The summed E-state index contributed by atoms with van der Waals surface area (Å²) in [4.78, 5) is 12.0. The number of alkyl halides is 1. The maximum absolute atomic E-state index is 15.2. The zero-order valence-electron chi connectivity index (χ0n) is 13.8. The molecule has 3 nitrogen and oxygen atoms in total. The first-order valence-corrected chi connectivity index (χ1v) is 8.30. The van der Waals surface area contributed by atoms with Gasteiger partial charge in [-0.25, -0.2) is 9.18 Å². The van der Waals surface area contributed by atoms with E-state index < -0.39 is 11.6 Å². The van der Waals surface area contributed by atoms with Crippen LogP contribution in [0, 0.1) is 0 Å². The summed E-state index contributed by atoms with van der Waals surface area (Å²) in [6, 6.07) is 15.1. The van der Waals surface area contributed by atoms with Crippen molar-refractivity contribution in [1.29, 1.82) is 0 Å². The minimum absolute atomic E-state index is 0.170. The summed E-state index contributed by atoms with van der Waals surface area (Å²) >= 11 is 0. The summed E-state index contributed by atoms with van der Waals surface area (Å²) in [7, 11) is 0. The van der Waals surface area contributed by atoms with E-state index in [0.717, 1.165) is 17.5 Å². The lowest BCUT2D eigenvalue weighted by Gasteiger charge is -2.30. The van der Waals surface area contributed by atoms with Gasteiger partial charge in [-0.1, -0.05) is 36.4 Å². The van der Waals surface area contributed by atoms with Gasteiger partial charge in [0.1, 0.15) is 12.4 Å². The summed E-state index contributed by atoms with van der Waals surface area (Å²) in [5.41, 5.74) is 0.268. The SMILES string of the molecule is CCOC(=O)C1(F)CCCc2cc(OCc3ccccc3)ccc21. The molecule has 0 fully saturated rings. The molecule has 24 heavy (non-hydrogen) atoms. The molecule has 1 unspecified atom stereocenters.